The number of ketones is 1. The Balaban J connectivity index is 1.69. The van der Waals surface area contributed by atoms with Crippen LogP contribution in [0.15, 0.2) is 72.8 Å². The second-order valence-corrected chi connectivity index (χ2v) is 9.36. The third-order valence-corrected chi connectivity index (χ3v) is 6.48. The van der Waals surface area contributed by atoms with E-state index in [1.54, 1.807) is 13.2 Å². The molecule has 1 heterocycles. The fraction of sp³-hybridized carbons (Fsp3) is 0.300. The number of hydrogen-bond donors (Lipinski definition) is 0. The van der Waals surface area contributed by atoms with Gasteiger partial charge in [-0.05, 0) is 62.1 Å². The van der Waals surface area contributed by atoms with Crippen LogP contribution in [0.1, 0.15) is 21.5 Å². The highest BCUT2D eigenvalue weighted by Gasteiger charge is 2.18. The van der Waals surface area contributed by atoms with Gasteiger partial charge in [0.15, 0.2) is 5.78 Å². The van der Waals surface area contributed by atoms with Gasteiger partial charge in [0, 0.05) is 49.5 Å². The molecule has 0 radical (unpaired) electrons. The highest BCUT2D eigenvalue weighted by atomic mass is 16.5. The molecule has 35 heavy (non-hydrogen) atoms. The number of allylic oxidation sites excluding steroid dienone is 1. The van der Waals surface area contributed by atoms with E-state index in [-0.39, 0.29) is 5.78 Å². The molecular formula is C30H35N3O2. The number of likely N-dealkylation sites (N-methyl/N-ethyl adjacent to an activating group) is 1. The smallest absolute Gasteiger partial charge is 0.186 e. The number of benzene rings is 3. The molecule has 0 aliphatic carbocycles. The van der Waals surface area contributed by atoms with E-state index >= 15 is 0 Å². The number of anilines is 1. The van der Waals surface area contributed by atoms with Crippen LogP contribution in [0.25, 0.3) is 17.2 Å². The zero-order chi connectivity index (χ0) is 24.8. The summed E-state index contributed by atoms with van der Waals surface area (Å²) in [5.74, 6) is 0.883. The number of para-hydroxylation sites is 1. The van der Waals surface area contributed by atoms with E-state index in [2.05, 4.69) is 46.0 Å². The SMILES string of the molecule is COc1ccccc1-c1ccc(C=CC(=O)c2ccccc2CN(C)C)c(N2CCN(C)CC2)c1. The summed E-state index contributed by atoms with van der Waals surface area (Å²) in [4.78, 5) is 20.0. The minimum absolute atomic E-state index is 0.0283. The summed E-state index contributed by atoms with van der Waals surface area (Å²) in [7, 11) is 7.90. The Morgan fingerprint density at radius 2 is 1.69 bits per heavy atom. The van der Waals surface area contributed by atoms with Crippen molar-refractivity contribution in [3.63, 3.8) is 0 Å². The van der Waals surface area contributed by atoms with E-state index in [0.717, 1.165) is 72.0 Å². The Kier molecular flexibility index (Phi) is 8.01. The van der Waals surface area contributed by atoms with Gasteiger partial charge in [-0.25, -0.2) is 0 Å². The van der Waals surface area contributed by atoms with Crippen molar-refractivity contribution in [3.8, 4) is 16.9 Å². The van der Waals surface area contributed by atoms with Crippen LogP contribution in [-0.4, -0.2) is 70.0 Å². The van der Waals surface area contributed by atoms with Crippen molar-refractivity contribution in [2.24, 2.45) is 0 Å². The molecule has 1 fully saturated rings. The Labute approximate surface area is 209 Å². The maximum atomic E-state index is 13.2. The maximum Gasteiger partial charge on any atom is 0.186 e. The van der Waals surface area contributed by atoms with Gasteiger partial charge in [0.1, 0.15) is 5.75 Å². The van der Waals surface area contributed by atoms with Crippen molar-refractivity contribution in [1.29, 1.82) is 0 Å². The zero-order valence-corrected chi connectivity index (χ0v) is 21.2. The van der Waals surface area contributed by atoms with Crippen molar-refractivity contribution >= 4 is 17.5 Å². The van der Waals surface area contributed by atoms with Crippen LogP contribution in [0.4, 0.5) is 5.69 Å². The molecule has 1 saturated heterocycles. The second-order valence-electron chi connectivity index (χ2n) is 9.36. The third kappa shape index (κ3) is 5.99. The molecule has 0 saturated carbocycles. The van der Waals surface area contributed by atoms with Crippen molar-refractivity contribution in [3.05, 3.63) is 89.5 Å². The first-order valence-corrected chi connectivity index (χ1v) is 12.1. The van der Waals surface area contributed by atoms with Gasteiger partial charge >= 0.3 is 0 Å². The van der Waals surface area contributed by atoms with Crippen molar-refractivity contribution < 1.29 is 9.53 Å². The van der Waals surface area contributed by atoms with E-state index in [9.17, 15) is 4.79 Å². The number of piperazine rings is 1. The molecule has 182 valence electrons. The summed E-state index contributed by atoms with van der Waals surface area (Å²) >= 11 is 0. The Hall–Kier alpha value is -3.41. The number of ether oxygens (including phenoxy) is 1. The molecule has 0 spiro atoms. The lowest BCUT2D eigenvalue weighted by Crippen LogP contribution is -2.44. The predicted molar refractivity (Wildman–Crippen MR) is 145 cm³/mol. The lowest BCUT2D eigenvalue weighted by Gasteiger charge is -2.35. The normalized spacial score (nSPS) is 14.6. The molecule has 4 rings (SSSR count). The largest absolute Gasteiger partial charge is 0.496 e. The average molecular weight is 470 g/mol. The number of carbonyl (C=O) groups is 1. The van der Waals surface area contributed by atoms with Crippen LogP contribution in [0.5, 0.6) is 5.75 Å². The predicted octanol–water partition coefficient (Wildman–Crippen LogP) is 5.07. The first kappa shape index (κ1) is 24.7. The lowest BCUT2D eigenvalue weighted by molar-refractivity contribution is 0.104. The Morgan fingerprint density at radius 3 is 2.43 bits per heavy atom. The molecular weight excluding hydrogens is 434 g/mol. The zero-order valence-electron chi connectivity index (χ0n) is 21.2. The highest BCUT2D eigenvalue weighted by Crippen LogP contribution is 2.34. The van der Waals surface area contributed by atoms with Crippen LogP contribution in [0, 0.1) is 0 Å². The molecule has 5 nitrogen and oxygen atoms in total. The van der Waals surface area contributed by atoms with Crippen molar-refractivity contribution in [1.82, 2.24) is 9.80 Å². The molecule has 1 aliphatic rings. The fourth-order valence-electron chi connectivity index (χ4n) is 4.55. The fourth-order valence-corrected chi connectivity index (χ4v) is 4.55. The summed E-state index contributed by atoms with van der Waals surface area (Å²) in [6.45, 7) is 4.66. The molecule has 3 aromatic rings. The molecule has 3 aromatic carbocycles. The van der Waals surface area contributed by atoms with Crippen LogP contribution < -0.4 is 9.64 Å². The maximum absolute atomic E-state index is 13.2. The number of methoxy groups -OCH3 is 1. The second kappa shape index (κ2) is 11.3. The molecule has 0 bridgehead atoms. The van der Waals surface area contributed by atoms with Gasteiger partial charge in [-0.3, -0.25) is 4.79 Å². The number of carbonyl (C=O) groups excluding carboxylic acids is 1. The molecule has 0 N–H and O–H groups in total. The minimum Gasteiger partial charge on any atom is -0.496 e. The van der Waals surface area contributed by atoms with Gasteiger partial charge in [-0.15, -0.1) is 0 Å². The van der Waals surface area contributed by atoms with Crippen LogP contribution >= 0.6 is 0 Å². The summed E-state index contributed by atoms with van der Waals surface area (Å²) in [6.07, 6.45) is 3.68. The highest BCUT2D eigenvalue weighted by molar-refractivity contribution is 6.08. The molecule has 0 amide bonds. The average Bonchev–Trinajstić information content (AvgIpc) is 2.87. The van der Waals surface area contributed by atoms with Crippen LogP contribution in [0.2, 0.25) is 0 Å². The first-order valence-electron chi connectivity index (χ1n) is 12.1. The third-order valence-electron chi connectivity index (χ3n) is 6.48. The summed E-state index contributed by atoms with van der Waals surface area (Å²) in [6, 6.07) is 22.4. The number of nitrogens with zero attached hydrogens (tertiary/aromatic N) is 3. The van der Waals surface area contributed by atoms with Gasteiger partial charge in [0.05, 0.1) is 7.11 Å². The van der Waals surface area contributed by atoms with Gasteiger partial charge in [-0.2, -0.15) is 0 Å². The van der Waals surface area contributed by atoms with E-state index in [4.69, 9.17) is 4.74 Å². The molecule has 0 aromatic heterocycles. The van der Waals surface area contributed by atoms with Crippen LogP contribution in [-0.2, 0) is 6.54 Å². The van der Waals surface area contributed by atoms with Gasteiger partial charge in [-0.1, -0.05) is 54.6 Å². The molecule has 1 aliphatic heterocycles. The summed E-state index contributed by atoms with van der Waals surface area (Å²) in [5, 5.41) is 0. The van der Waals surface area contributed by atoms with Gasteiger partial charge < -0.3 is 19.4 Å². The number of hydrogen-bond acceptors (Lipinski definition) is 5. The summed E-state index contributed by atoms with van der Waals surface area (Å²) in [5.41, 5.74) is 6.16. The molecule has 0 unspecified atom stereocenters. The quantitative estimate of drug-likeness (QED) is 0.340. The van der Waals surface area contributed by atoms with Gasteiger partial charge in [0.2, 0.25) is 0 Å². The Morgan fingerprint density at radius 1 is 0.971 bits per heavy atom. The van der Waals surface area contributed by atoms with Crippen LogP contribution in [0.3, 0.4) is 0 Å². The standard InChI is InChI=1S/C30H35N3O2/c1-31(2)22-25-9-5-6-10-26(25)29(34)16-15-23-13-14-24(27-11-7-8-12-30(27)35-4)21-28(23)33-19-17-32(3)18-20-33/h5-16,21H,17-20,22H2,1-4H3. The van der Waals surface area contributed by atoms with E-state index < -0.39 is 0 Å². The number of rotatable bonds is 8. The monoisotopic (exact) mass is 469 g/mol. The first-order chi connectivity index (χ1) is 17.0. The van der Waals surface area contributed by atoms with E-state index in [1.807, 2.05) is 62.6 Å². The van der Waals surface area contributed by atoms with Gasteiger partial charge in [0.25, 0.3) is 0 Å². The lowest BCUT2D eigenvalue weighted by atomic mass is 9.99. The minimum atomic E-state index is 0.0283. The Bertz CT molecular complexity index is 1190. The molecule has 5 heteroatoms. The summed E-state index contributed by atoms with van der Waals surface area (Å²) < 4.78 is 5.61. The van der Waals surface area contributed by atoms with Crippen molar-refractivity contribution in [2.45, 2.75) is 6.54 Å². The van der Waals surface area contributed by atoms with E-state index in [1.165, 1.54) is 0 Å². The van der Waals surface area contributed by atoms with E-state index in [0.29, 0.717) is 0 Å². The van der Waals surface area contributed by atoms with Crippen molar-refractivity contribution in [2.75, 3.05) is 59.3 Å². The topological polar surface area (TPSA) is 36.0 Å². The molecule has 0 atom stereocenters.